The predicted octanol–water partition coefficient (Wildman–Crippen LogP) is 2.30. The number of hydrogen-bond donors (Lipinski definition) is 1. The van der Waals surface area contributed by atoms with Crippen LogP contribution in [0.25, 0.3) is 0 Å². The molecule has 19 heavy (non-hydrogen) atoms. The highest BCUT2D eigenvalue weighted by Gasteiger charge is 2.44. The molecule has 0 aliphatic carbocycles. The molecule has 1 fully saturated rings. The maximum atomic E-state index is 5.57. The number of nitrogens with zero attached hydrogens (tertiary/aromatic N) is 2. The summed E-state index contributed by atoms with van der Waals surface area (Å²) >= 11 is 0. The van der Waals surface area contributed by atoms with Crippen LogP contribution in [0, 0.1) is 11.8 Å². The van der Waals surface area contributed by atoms with Crippen LogP contribution in [-0.2, 0) is 10.2 Å². The highest BCUT2D eigenvalue weighted by atomic mass is 16.5. The molecule has 2 rings (SSSR count). The second-order valence-corrected chi connectivity index (χ2v) is 6.10. The smallest absolute Gasteiger partial charge is 0.234 e. The zero-order chi connectivity index (χ0) is 14.0. The summed E-state index contributed by atoms with van der Waals surface area (Å²) in [7, 11) is 1.69. The van der Waals surface area contributed by atoms with Crippen LogP contribution < -0.4 is 5.32 Å². The number of aromatic nitrogens is 2. The quantitative estimate of drug-likeness (QED) is 0.887. The van der Waals surface area contributed by atoms with E-state index in [1.165, 1.54) is 0 Å². The summed E-state index contributed by atoms with van der Waals surface area (Å²) in [4.78, 5) is 4.64. The Morgan fingerprint density at radius 2 is 2.05 bits per heavy atom. The first-order valence-electron chi connectivity index (χ1n) is 7.09. The van der Waals surface area contributed by atoms with Crippen LogP contribution in [0.4, 0.5) is 0 Å². The van der Waals surface area contributed by atoms with Gasteiger partial charge in [0.1, 0.15) is 6.10 Å². The average molecular weight is 267 g/mol. The molecule has 2 heterocycles. The molecule has 1 aliphatic heterocycles. The molecule has 5 heteroatoms. The molecule has 108 valence electrons. The van der Waals surface area contributed by atoms with Gasteiger partial charge in [0.2, 0.25) is 11.7 Å². The Labute approximate surface area is 115 Å². The Hall–Kier alpha value is -0.940. The van der Waals surface area contributed by atoms with E-state index in [1.54, 1.807) is 7.11 Å². The average Bonchev–Trinajstić information content (AvgIpc) is 2.97. The Balaban J connectivity index is 2.29. The van der Waals surface area contributed by atoms with Gasteiger partial charge in [-0.3, -0.25) is 0 Å². The minimum absolute atomic E-state index is 0.0273. The molecule has 1 saturated heterocycles. The minimum Gasteiger partial charge on any atom is -0.373 e. The van der Waals surface area contributed by atoms with Crippen LogP contribution in [0.3, 0.4) is 0 Å². The van der Waals surface area contributed by atoms with Crippen molar-refractivity contribution in [2.24, 2.45) is 11.8 Å². The van der Waals surface area contributed by atoms with Gasteiger partial charge < -0.3 is 14.6 Å². The van der Waals surface area contributed by atoms with Gasteiger partial charge in [-0.25, -0.2) is 0 Å². The molecule has 0 amide bonds. The molecule has 0 spiro atoms. The first-order valence-corrected chi connectivity index (χ1v) is 7.09. The Bertz CT molecular complexity index is 409. The van der Waals surface area contributed by atoms with Gasteiger partial charge in [-0.2, -0.15) is 4.98 Å². The molecule has 2 unspecified atom stereocenters. The molecular weight excluding hydrogens is 242 g/mol. The highest BCUT2D eigenvalue weighted by molar-refractivity contribution is 5.12. The molecule has 1 N–H and O–H groups in total. The van der Waals surface area contributed by atoms with E-state index in [-0.39, 0.29) is 11.5 Å². The molecule has 2 atom stereocenters. The zero-order valence-electron chi connectivity index (χ0n) is 12.6. The van der Waals surface area contributed by atoms with Crippen LogP contribution in [0.2, 0.25) is 0 Å². The van der Waals surface area contributed by atoms with E-state index < -0.39 is 0 Å². The van der Waals surface area contributed by atoms with Gasteiger partial charge in [0.05, 0.1) is 5.41 Å². The molecular formula is C14H25N3O2. The van der Waals surface area contributed by atoms with Crippen molar-refractivity contribution in [1.82, 2.24) is 15.5 Å². The largest absolute Gasteiger partial charge is 0.373 e. The minimum atomic E-state index is -0.101. The summed E-state index contributed by atoms with van der Waals surface area (Å²) in [6.07, 6.45) is 0.946. The van der Waals surface area contributed by atoms with Crippen LogP contribution in [0.5, 0.6) is 0 Å². The number of hydrogen-bond acceptors (Lipinski definition) is 5. The van der Waals surface area contributed by atoms with Crippen LogP contribution >= 0.6 is 0 Å². The van der Waals surface area contributed by atoms with Gasteiger partial charge in [-0.15, -0.1) is 0 Å². The van der Waals surface area contributed by atoms with Crippen molar-refractivity contribution < 1.29 is 9.26 Å². The fourth-order valence-electron chi connectivity index (χ4n) is 2.86. The number of rotatable bonds is 5. The molecule has 0 bridgehead atoms. The topological polar surface area (TPSA) is 60.2 Å². The Kier molecular flexibility index (Phi) is 4.26. The monoisotopic (exact) mass is 267 g/mol. The second kappa shape index (κ2) is 5.59. The lowest BCUT2D eigenvalue weighted by Crippen LogP contribution is -2.35. The molecule has 5 nitrogen and oxygen atoms in total. The van der Waals surface area contributed by atoms with Crippen LogP contribution in [0.15, 0.2) is 4.52 Å². The maximum Gasteiger partial charge on any atom is 0.234 e. The van der Waals surface area contributed by atoms with E-state index in [2.05, 4.69) is 43.2 Å². The highest BCUT2D eigenvalue weighted by Crippen LogP contribution is 2.37. The van der Waals surface area contributed by atoms with Crippen molar-refractivity contribution in [2.45, 2.75) is 45.6 Å². The lowest BCUT2D eigenvalue weighted by atomic mass is 9.76. The van der Waals surface area contributed by atoms with E-state index in [0.717, 1.165) is 25.4 Å². The van der Waals surface area contributed by atoms with Gasteiger partial charge in [-0.05, 0) is 24.8 Å². The van der Waals surface area contributed by atoms with Crippen molar-refractivity contribution in [3.05, 3.63) is 11.7 Å². The standard InChI is InChI=1S/C14H25N3O2/c1-9(2)11(18-5)12-16-13(19-17-12)14(10(3)4)6-7-15-8-14/h9-11,15H,6-8H2,1-5H3. The number of ether oxygens (including phenoxy) is 1. The van der Waals surface area contributed by atoms with Crippen molar-refractivity contribution in [3.8, 4) is 0 Å². The molecule has 1 aromatic rings. The van der Waals surface area contributed by atoms with Gasteiger partial charge in [0.25, 0.3) is 0 Å². The maximum absolute atomic E-state index is 5.57. The van der Waals surface area contributed by atoms with E-state index in [1.807, 2.05) is 0 Å². The molecule has 1 aromatic heterocycles. The third-order valence-corrected chi connectivity index (χ3v) is 4.28. The summed E-state index contributed by atoms with van der Waals surface area (Å²) in [5.74, 6) is 2.22. The van der Waals surface area contributed by atoms with Crippen molar-refractivity contribution >= 4 is 0 Å². The SMILES string of the molecule is COC(c1noc(C2(C(C)C)CCNC2)n1)C(C)C. The normalized spacial score (nSPS) is 25.4. The van der Waals surface area contributed by atoms with Gasteiger partial charge in [-0.1, -0.05) is 32.9 Å². The lowest BCUT2D eigenvalue weighted by Gasteiger charge is -2.28. The van der Waals surface area contributed by atoms with Crippen LogP contribution in [-0.4, -0.2) is 30.3 Å². The van der Waals surface area contributed by atoms with Crippen molar-refractivity contribution in [3.63, 3.8) is 0 Å². The molecule has 1 aliphatic rings. The van der Waals surface area contributed by atoms with Gasteiger partial charge in [0, 0.05) is 13.7 Å². The summed E-state index contributed by atoms with van der Waals surface area (Å²) < 4.78 is 11.0. The summed E-state index contributed by atoms with van der Waals surface area (Å²) in [6, 6.07) is 0. The fourth-order valence-corrected chi connectivity index (χ4v) is 2.86. The van der Waals surface area contributed by atoms with E-state index in [9.17, 15) is 0 Å². The van der Waals surface area contributed by atoms with Gasteiger partial charge in [0.15, 0.2) is 0 Å². The zero-order valence-corrected chi connectivity index (χ0v) is 12.6. The predicted molar refractivity (Wildman–Crippen MR) is 72.9 cm³/mol. The Morgan fingerprint density at radius 1 is 1.32 bits per heavy atom. The summed E-state index contributed by atoms with van der Waals surface area (Å²) in [5.41, 5.74) is -0.0273. The molecule has 0 aromatic carbocycles. The number of methoxy groups -OCH3 is 1. The van der Waals surface area contributed by atoms with E-state index in [4.69, 9.17) is 9.26 Å². The van der Waals surface area contributed by atoms with Crippen molar-refractivity contribution in [1.29, 1.82) is 0 Å². The van der Waals surface area contributed by atoms with E-state index >= 15 is 0 Å². The molecule has 0 radical (unpaired) electrons. The lowest BCUT2D eigenvalue weighted by molar-refractivity contribution is 0.0555. The fraction of sp³-hybridized carbons (Fsp3) is 0.857. The van der Waals surface area contributed by atoms with Crippen LogP contribution in [0.1, 0.15) is 51.9 Å². The Morgan fingerprint density at radius 3 is 2.53 bits per heavy atom. The molecule has 0 saturated carbocycles. The van der Waals surface area contributed by atoms with E-state index in [0.29, 0.717) is 17.7 Å². The summed E-state index contributed by atoms with van der Waals surface area (Å²) in [5, 5.41) is 7.55. The first-order chi connectivity index (χ1) is 9.01. The summed E-state index contributed by atoms with van der Waals surface area (Å²) in [6.45, 7) is 10.5. The van der Waals surface area contributed by atoms with Gasteiger partial charge >= 0.3 is 0 Å². The third-order valence-electron chi connectivity index (χ3n) is 4.28. The third kappa shape index (κ3) is 2.54. The second-order valence-electron chi connectivity index (χ2n) is 6.10. The first kappa shape index (κ1) is 14.5. The number of nitrogens with one attached hydrogen (secondary N) is 1. The van der Waals surface area contributed by atoms with Crippen molar-refractivity contribution in [2.75, 3.05) is 20.2 Å².